The highest BCUT2D eigenvalue weighted by Crippen LogP contribution is 2.42. The van der Waals surface area contributed by atoms with Crippen molar-refractivity contribution in [2.45, 2.75) is 38.0 Å². The molecule has 0 amide bonds. The van der Waals surface area contributed by atoms with Crippen molar-refractivity contribution in [1.82, 2.24) is 0 Å². The lowest BCUT2D eigenvalue weighted by molar-refractivity contribution is -0.147. The number of hydrogen-bond acceptors (Lipinski definition) is 2. The fourth-order valence-corrected chi connectivity index (χ4v) is 1.79. The van der Waals surface area contributed by atoms with Crippen molar-refractivity contribution in [2.24, 2.45) is 0 Å². The number of halogens is 3. The van der Waals surface area contributed by atoms with Crippen LogP contribution in [0.3, 0.4) is 0 Å². The molecule has 1 aromatic rings. The maximum atomic E-state index is 12.7. The molecular weight excluding hydrogens is 261 g/mol. The molecule has 0 saturated heterocycles. The first-order chi connectivity index (χ1) is 8.77. The van der Waals surface area contributed by atoms with Crippen LogP contribution in [0.15, 0.2) is 18.2 Å². The molecule has 3 nitrogen and oxygen atoms in total. The second-order valence-electron chi connectivity index (χ2n) is 4.62. The first kappa shape index (κ1) is 13.7. The Morgan fingerprint density at radius 2 is 2.00 bits per heavy atom. The van der Waals surface area contributed by atoms with Gasteiger partial charge in [0.25, 0.3) is 0 Å². The summed E-state index contributed by atoms with van der Waals surface area (Å²) in [6.07, 6.45) is -3.41. The van der Waals surface area contributed by atoms with Gasteiger partial charge in [0, 0.05) is 12.8 Å². The summed E-state index contributed by atoms with van der Waals surface area (Å²) in [4.78, 5) is 11.0. The Bertz CT molecular complexity index is 504. The van der Waals surface area contributed by atoms with E-state index in [-0.39, 0.29) is 5.75 Å². The third kappa shape index (κ3) is 2.83. The smallest absolute Gasteiger partial charge is 0.416 e. The van der Waals surface area contributed by atoms with E-state index in [1.807, 2.05) is 0 Å². The molecule has 0 aliphatic heterocycles. The van der Waals surface area contributed by atoms with E-state index in [9.17, 15) is 18.0 Å². The summed E-state index contributed by atoms with van der Waals surface area (Å²) in [5.74, 6) is -1.17. The molecule has 19 heavy (non-hydrogen) atoms. The Kier molecular flexibility index (Phi) is 3.20. The number of rotatable bonds is 4. The zero-order valence-electron chi connectivity index (χ0n) is 10.3. The number of ether oxygens (including phenoxy) is 1. The summed E-state index contributed by atoms with van der Waals surface area (Å²) in [6.45, 7) is 1.73. The molecule has 6 heteroatoms. The molecule has 0 aromatic heterocycles. The fourth-order valence-electron chi connectivity index (χ4n) is 1.79. The Morgan fingerprint density at radius 3 is 2.42 bits per heavy atom. The summed E-state index contributed by atoms with van der Waals surface area (Å²) in [5.41, 5.74) is -1.69. The van der Waals surface area contributed by atoms with Crippen molar-refractivity contribution in [1.29, 1.82) is 0 Å². The molecule has 1 fully saturated rings. The van der Waals surface area contributed by atoms with Gasteiger partial charge in [-0.2, -0.15) is 13.2 Å². The summed E-state index contributed by atoms with van der Waals surface area (Å²) in [6, 6.07) is 3.35. The van der Waals surface area contributed by atoms with Crippen LogP contribution in [0.5, 0.6) is 5.75 Å². The monoisotopic (exact) mass is 274 g/mol. The molecule has 1 aliphatic carbocycles. The predicted octanol–water partition coefficient (Wildman–Crippen LogP) is 3.26. The van der Waals surface area contributed by atoms with Crippen molar-refractivity contribution in [3.8, 4) is 5.75 Å². The maximum absolute atomic E-state index is 12.7. The third-order valence-corrected chi connectivity index (χ3v) is 3.11. The lowest BCUT2D eigenvalue weighted by Gasteiger charge is -2.16. The Balaban J connectivity index is 2.33. The van der Waals surface area contributed by atoms with Crippen LogP contribution in [0, 0.1) is 0 Å². The molecule has 0 spiro atoms. The quantitative estimate of drug-likeness (QED) is 0.916. The molecule has 0 atom stereocenters. The van der Waals surface area contributed by atoms with E-state index >= 15 is 0 Å². The van der Waals surface area contributed by atoms with Crippen molar-refractivity contribution < 1.29 is 27.8 Å². The number of aliphatic carboxylic acids is 1. The topological polar surface area (TPSA) is 46.5 Å². The second-order valence-corrected chi connectivity index (χ2v) is 4.62. The van der Waals surface area contributed by atoms with E-state index in [2.05, 4.69) is 0 Å². The van der Waals surface area contributed by atoms with Crippen LogP contribution in [0.2, 0.25) is 0 Å². The molecule has 1 aromatic carbocycles. The van der Waals surface area contributed by atoms with E-state index in [0.29, 0.717) is 24.8 Å². The van der Waals surface area contributed by atoms with Gasteiger partial charge in [-0.1, -0.05) is 6.92 Å². The van der Waals surface area contributed by atoms with Crippen molar-refractivity contribution >= 4 is 5.97 Å². The minimum Gasteiger partial charge on any atom is -0.478 e. The van der Waals surface area contributed by atoms with Crippen LogP contribution in [0.25, 0.3) is 0 Å². The zero-order valence-corrected chi connectivity index (χ0v) is 10.3. The van der Waals surface area contributed by atoms with Gasteiger partial charge in [-0.05, 0) is 30.2 Å². The molecule has 2 rings (SSSR count). The van der Waals surface area contributed by atoms with Gasteiger partial charge in [0.05, 0.1) is 5.56 Å². The van der Waals surface area contributed by atoms with E-state index in [1.54, 1.807) is 6.92 Å². The number of carbonyl (C=O) groups is 1. The number of carboxylic acid groups (broad SMARTS) is 1. The number of carboxylic acids is 1. The largest absolute Gasteiger partial charge is 0.478 e. The molecule has 1 aliphatic rings. The average molecular weight is 274 g/mol. The highest BCUT2D eigenvalue weighted by Gasteiger charge is 2.53. The van der Waals surface area contributed by atoms with Crippen LogP contribution in [-0.4, -0.2) is 16.7 Å². The highest BCUT2D eigenvalue weighted by atomic mass is 19.4. The van der Waals surface area contributed by atoms with Gasteiger partial charge in [-0.25, -0.2) is 4.79 Å². The predicted molar refractivity (Wildman–Crippen MR) is 61.1 cm³/mol. The first-order valence-corrected chi connectivity index (χ1v) is 5.90. The van der Waals surface area contributed by atoms with Gasteiger partial charge >= 0.3 is 12.1 Å². The Labute approximate surface area is 108 Å². The third-order valence-electron chi connectivity index (χ3n) is 3.11. The van der Waals surface area contributed by atoms with Gasteiger partial charge in [0.15, 0.2) is 0 Å². The minimum absolute atomic E-state index is 0.0356. The van der Waals surface area contributed by atoms with Crippen molar-refractivity contribution in [2.75, 3.05) is 0 Å². The van der Waals surface area contributed by atoms with Crippen molar-refractivity contribution in [3.63, 3.8) is 0 Å². The van der Waals surface area contributed by atoms with E-state index < -0.39 is 23.3 Å². The summed E-state index contributed by atoms with van der Waals surface area (Å²) < 4.78 is 43.4. The maximum Gasteiger partial charge on any atom is 0.416 e. The molecule has 0 bridgehead atoms. The van der Waals surface area contributed by atoms with E-state index in [1.165, 1.54) is 6.07 Å². The Hall–Kier alpha value is -1.72. The molecule has 0 unspecified atom stereocenters. The van der Waals surface area contributed by atoms with Gasteiger partial charge < -0.3 is 9.84 Å². The molecular formula is C13H13F3O3. The molecule has 0 radical (unpaired) electrons. The van der Waals surface area contributed by atoms with Gasteiger partial charge in [-0.3, -0.25) is 0 Å². The Morgan fingerprint density at radius 1 is 1.37 bits per heavy atom. The number of hydrogen-bond donors (Lipinski definition) is 1. The summed E-state index contributed by atoms with van der Waals surface area (Å²) in [7, 11) is 0. The highest BCUT2D eigenvalue weighted by molar-refractivity contribution is 5.81. The standard InChI is InChI=1S/C13H13F3O3/c1-2-8-5-9(13(14,15)16)7-10(6-8)19-12(3-4-12)11(17)18/h5-7H,2-4H2,1H3,(H,17,18). The number of benzene rings is 1. The lowest BCUT2D eigenvalue weighted by Crippen LogP contribution is -2.29. The van der Waals surface area contributed by atoms with Gasteiger partial charge in [-0.15, -0.1) is 0 Å². The zero-order chi connectivity index (χ0) is 14.3. The van der Waals surface area contributed by atoms with E-state index in [0.717, 1.165) is 12.1 Å². The van der Waals surface area contributed by atoms with Gasteiger partial charge in [0.1, 0.15) is 5.75 Å². The van der Waals surface area contributed by atoms with Crippen molar-refractivity contribution in [3.05, 3.63) is 29.3 Å². The van der Waals surface area contributed by atoms with Crippen LogP contribution < -0.4 is 4.74 Å². The normalized spacial score (nSPS) is 17.1. The summed E-state index contributed by atoms with van der Waals surface area (Å²) in [5, 5.41) is 8.97. The van der Waals surface area contributed by atoms with Crippen LogP contribution >= 0.6 is 0 Å². The second kappa shape index (κ2) is 4.43. The SMILES string of the molecule is CCc1cc(OC2(C(=O)O)CC2)cc(C(F)(F)F)c1. The number of aryl methyl sites for hydroxylation is 1. The average Bonchev–Trinajstić information content (AvgIpc) is 3.08. The molecule has 1 N–H and O–H groups in total. The summed E-state index contributed by atoms with van der Waals surface area (Å²) >= 11 is 0. The van der Waals surface area contributed by atoms with E-state index in [4.69, 9.17) is 9.84 Å². The van der Waals surface area contributed by atoms with Crippen LogP contribution in [-0.2, 0) is 17.4 Å². The lowest BCUT2D eigenvalue weighted by atomic mass is 10.1. The van der Waals surface area contributed by atoms with Crippen LogP contribution in [0.4, 0.5) is 13.2 Å². The van der Waals surface area contributed by atoms with Gasteiger partial charge in [0.2, 0.25) is 5.60 Å². The molecule has 104 valence electrons. The fraction of sp³-hybridized carbons (Fsp3) is 0.462. The molecule has 1 saturated carbocycles. The number of alkyl halides is 3. The first-order valence-electron chi connectivity index (χ1n) is 5.90. The van der Waals surface area contributed by atoms with Crippen LogP contribution in [0.1, 0.15) is 30.9 Å². The molecule has 0 heterocycles. The minimum atomic E-state index is -4.47.